The molecular weight excluding hydrogens is 421 g/mol. The Kier molecular flexibility index (Phi) is 6.02. The minimum Gasteiger partial charge on any atom is -0.455 e. The van der Waals surface area contributed by atoms with E-state index in [1.165, 1.54) is 0 Å². The number of esters is 1. The van der Waals surface area contributed by atoms with E-state index in [0.29, 0.717) is 0 Å². The van der Waals surface area contributed by atoms with Crippen molar-refractivity contribution in [3.05, 3.63) is 0 Å². The van der Waals surface area contributed by atoms with Crippen LogP contribution < -0.4 is 0 Å². The third-order valence-electron chi connectivity index (χ3n) is 2.98. The van der Waals surface area contributed by atoms with Gasteiger partial charge in [-0.05, 0) is 6.92 Å². The van der Waals surface area contributed by atoms with Gasteiger partial charge in [-0.2, -0.15) is 48.3 Å². The van der Waals surface area contributed by atoms with Gasteiger partial charge in [-0.3, -0.25) is 4.74 Å². The van der Waals surface area contributed by atoms with Crippen molar-refractivity contribution in [2.24, 2.45) is 0 Å². The molecule has 160 valence electrons. The minimum atomic E-state index is -7.27. The van der Waals surface area contributed by atoms with Gasteiger partial charge in [-0.15, -0.1) is 0 Å². The van der Waals surface area contributed by atoms with E-state index in [2.05, 4.69) is 4.74 Å². The molecule has 1 heterocycles. The summed E-state index contributed by atoms with van der Waals surface area (Å²) in [6.45, 7) is -0.687. The van der Waals surface area contributed by atoms with E-state index in [1.807, 2.05) is 4.74 Å². The second kappa shape index (κ2) is 6.88. The topological polar surface area (TPSA) is 54.0 Å². The minimum absolute atomic E-state index is 0.152. The number of hydrogen-bond donors (Lipinski definition) is 0. The standard InChI is InChI=1S/C11H9F11O5/c1-6(25-2-3-26-6)4-24-5(23)7(12,9(15,16)17)27-11(21,22)8(13,14)10(18,19)20/h2-4H2,1H3. The largest absolute Gasteiger partial charge is 0.462 e. The van der Waals surface area contributed by atoms with Crippen molar-refractivity contribution < 1.29 is 72.0 Å². The molecule has 0 aliphatic carbocycles. The third-order valence-corrected chi connectivity index (χ3v) is 2.98. The van der Waals surface area contributed by atoms with Gasteiger partial charge < -0.3 is 14.2 Å². The fraction of sp³-hybridized carbons (Fsp3) is 0.909. The predicted octanol–water partition coefficient (Wildman–Crippen LogP) is 3.33. The van der Waals surface area contributed by atoms with Crippen LogP contribution >= 0.6 is 0 Å². The van der Waals surface area contributed by atoms with Crippen LogP contribution in [0.2, 0.25) is 0 Å². The van der Waals surface area contributed by atoms with E-state index < -0.39 is 48.6 Å². The zero-order valence-corrected chi connectivity index (χ0v) is 12.8. The molecule has 27 heavy (non-hydrogen) atoms. The Bertz CT molecular complexity index is 552. The van der Waals surface area contributed by atoms with Gasteiger partial charge in [0.05, 0.1) is 13.2 Å². The van der Waals surface area contributed by atoms with Crippen molar-refractivity contribution in [3.8, 4) is 0 Å². The lowest BCUT2D eigenvalue weighted by molar-refractivity contribution is -0.475. The monoisotopic (exact) mass is 430 g/mol. The lowest BCUT2D eigenvalue weighted by Crippen LogP contribution is -2.62. The highest BCUT2D eigenvalue weighted by atomic mass is 19.4. The highest BCUT2D eigenvalue weighted by Gasteiger charge is 2.80. The molecule has 0 aromatic carbocycles. The first kappa shape index (κ1) is 23.6. The molecule has 0 saturated carbocycles. The van der Waals surface area contributed by atoms with Crippen molar-refractivity contribution in [2.75, 3.05) is 19.8 Å². The summed E-state index contributed by atoms with van der Waals surface area (Å²) in [6.07, 6.45) is -21.1. The van der Waals surface area contributed by atoms with Crippen LogP contribution in [-0.2, 0) is 23.7 Å². The zero-order valence-electron chi connectivity index (χ0n) is 12.8. The number of hydrogen-bond acceptors (Lipinski definition) is 5. The summed E-state index contributed by atoms with van der Waals surface area (Å²) in [5, 5.41) is 0. The molecule has 1 rings (SSSR count). The van der Waals surface area contributed by atoms with Crippen LogP contribution in [0.5, 0.6) is 0 Å². The van der Waals surface area contributed by atoms with Crippen molar-refractivity contribution in [1.29, 1.82) is 0 Å². The Labute approximate surface area is 142 Å². The molecule has 0 bridgehead atoms. The lowest BCUT2D eigenvalue weighted by atomic mass is 10.2. The summed E-state index contributed by atoms with van der Waals surface area (Å²) >= 11 is 0. The molecule has 0 N–H and O–H groups in total. The summed E-state index contributed by atoms with van der Waals surface area (Å²) < 4.78 is 154. The number of ether oxygens (including phenoxy) is 4. The average molecular weight is 430 g/mol. The van der Waals surface area contributed by atoms with Gasteiger partial charge in [-0.25, -0.2) is 4.79 Å². The summed E-state index contributed by atoms with van der Waals surface area (Å²) in [6, 6.07) is 0. The molecule has 1 saturated heterocycles. The van der Waals surface area contributed by atoms with Gasteiger partial charge in [0.15, 0.2) is 5.79 Å². The van der Waals surface area contributed by atoms with Crippen LogP contribution in [0.1, 0.15) is 6.92 Å². The molecule has 0 amide bonds. The van der Waals surface area contributed by atoms with Gasteiger partial charge in [0.1, 0.15) is 6.61 Å². The molecule has 1 unspecified atom stereocenters. The Balaban J connectivity index is 3.11. The van der Waals surface area contributed by atoms with Crippen LogP contribution in [0.25, 0.3) is 0 Å². The Hall–Kier alpha value is -1.42. The molecule has 0 aromatic heterocycles. The number of carbonyl (C=O) groups is 1. The maximum Gasteiger partial charge on any atom is 0.462 e. The molecule has 0 aromatic rings. The quantitative estimate of drug-likeness (QED) is 0.478. The van der Waals surface area contributed by atoms with Crippen molar-refractivity contribution in [2.45, 2.75) is 42.9 Å². The van der Waals surface area contributed by atoms with E-state index in [-0.39, 0.29) is 13.2 Å². The normalized spacial score (nSPS) is 21.0. The predicted molar refractivity (Wildman–Crippen MR) is 58.2 cm³/mol. The smallest absolute Gasteiger partial charge is 0.455 e. The van der Waals surface area contributed by atoms with Crippen LogP contribution in [-0.4, -0.2) is 61.8 Å². The first-order chi connectivity index (χ1) is 11.8. The summed E-state index contributed by atoms with van der Waals surface area (Å²) in [4.78, 5) is 11.3. The first-order valence-electron chi connectivity index (χ1n) is 6.52. The number of carbonyl (C=O) groups excluding carboxylic acids is 1. The second-order valence-corrected chi connectivity index (χ2v) is 5.19. The average Bonchev–Trinajstić information content (AvgIpc) is 2.89. The number of rotatable bonds is 6. The highest BCUT2D eigenvalue weighted by Crippen LogP contribution is 2.51. The van der Waals surface area contributed by atoms with Crippen LogP contribution in [0.4, 0.5) is 48.3 Å². The van der Waals surface area contributed by atoms with Crippen LogP contribution in [0, 0.1) is 0 Å². The molecule has 0 spiro atoms. The van der Waals surface area contributed by atoms with Crippen molar-refractivity contribution >= 4 is 5.97 Å². The molecule has 0 radical (unpaired) electrons. The van der Waals surface area contributed by atoms with Gasteiger partial charge in [0.2, 0.25) is 0 Å². The molecule has 1 aliphatic heterocycles. The SMILES string of the molecule is CC1(COC(=O)C(F)(OC(F)(F)C(F)(F)C(F)(F)F)C(F)(F)F)OCCO1. The molecule has 16 heteroatoms. The molecule has 5 nitrogen and oxygen atoms in total. The number of halogens is 11. The maximum atomic E-state index is 13.8. The van der Waals surface area contributed by atoms with E-state index >= 15 is 0 Å². The fourth-order valence-electron chi connectivity index (χ4n) is 1.55. The van der Waals surface area contributed by atoms with Crippen molar-refractivity contribution in [1.82, 2.24) is 0 Å². The van der Waals surface area contributed by atoms with Gasteiger partial charge in [-0.1, -0.05) is 0 Å². The summed E-state index contributed by atoms with van der Waals surface area (Å²) in [5.41, 5.74) is 0. The van der Waals surface area contributed by atoms with Crippen molar-refractivity contribution in [3.63, 3.8) is 0 Å². The molecule has 1 atom stereocenters. The first-order valence-corrected chi connectivity index (χ1v) is 6.52. The Morgan fingerprint density at radius 1 is 0.889 bits per heavy atom. The lowest BCUT2D eigenvalue weighted by Gasteiger charge is -2.34. The fourth-order valence-corrected chi connectivity index (χ4v) is 1.55. The zero-order chi connectivity index (χ0) is 21.5. The number of alkyl halides is 11. The van der Waals surface area contributed by atoms with E-state index in [0.717, 1.165) is 6.92 Å². The third kappa shape index (κ3) is 4.53. The van der Waals surface area contributed by atoms with Crippen LogP contribution in [0.15, 0.2) is 0 Å². The van der Waals surface area contributed by atoms with Gasteiger partial charge in [0, 0.05) is 0 Å². The molecule has 1 fully saturated rings. The van der Waals surface area contributed by atoms with Crippen LogP contribution in [0.3, 0.4) is 0 Å². The van der Waals surface area contributed by atoms with Gasteiger partial charge >= 0.3 is 36.2 Å². The maximum absolute atomic E-state index is 13.8. The second-order valence-electron chi connectivity index (χ2n) is 5.19. The van der Waals surface area contributed by atoms with E-state index in [4.69, 9.17) is 9.47 Å². The summed E-state index contributed by atoms with van der Waals surface area (Å²) in [5.74, 6) is -18.9. The van der Waals surface area contributed by atoms with E-state index in [1.54, 1.807) is 0 Å². The van der Waals surface area contributed by atoms with E-state index in [9.17, 15) is 53.1 Å². The Morgan fingerprint density at radius 3 is 1.70 bits per heavy atom. The van der Waals surface area contributed by atoms with Gasteiger partial charge in [0.25, 0.3) is 0 Å². The molecular formula is C11H9F11O5. The highest BCUT2D eigenvalue weighted by molar-refractivity contribution is 5.79. The Morgan fingerprint density at radius 2 is 1.33 bits per heavy atom. The molecule has 1 aliphatic rings. The summed E-state index contributed by atoms with van der Waals surface area (Å²) in [7, 11) is 0.